The van der Waals surface area contributed by atoms with Crippen LogP contribution in [0.5, 0.6) is 0 Å². The number of benzene rings is 1. The maximum atomic E-state index is 5.89. The quantitative estimate of drug-likeness (QED) is 0.583. The number of hydrogen-bond acceptors (Lipinski definition) is 2. The summed E-state index contributed by atoms with van der Waals surface area (Å²) in [5, 5.41) is 3.53. The van der Waals surface area contributed by atoms with Gasteiger partial charge in [0.1, 0.15) is 0 Å². The largest absolute Gasteiger partial charge is 0.379 e. The molecule has 0 aliphatic rings. The molecule has 0 spiro atoms. The highest BCUT2D eigenvalue weighted by Crippen LogP contribution is 2.18. The molecule has 21 heavy (non-hydrogen) atoms. The zero-order valence-corrected chi connectivity index (χ0v) is 14.4. The number of ether oxygens (including phenoxy) is 1. The summed E-state index contributed by atoms with van der Waals surface area (Å²) < 4.78 is 5.89. The van der Waals surface area contributed by atoms with Crippen molar-refractivity contribution < 1.29 is 4.74 Å². The molecular formula is C19H33NO. The van der Waals surface area contributed by atoms with E-state index in [0.29, 0.717) is 6.04 Å². The molecule has 1 atom stereocenters. The van der Waals surface area contributed by atoms with Gasteiger partial charge in [0.05, 0.1) is 12.6 Å². The summed E-state index contributed by atoms with van der Waals surface area (Å²) in [5.41, 5.74) is 4.05. The fourth-order valence-electron chi connectivity index (χ4n) is 2.51. The van der Waals surface area contributed by atoms with Gasteiger partial charge in [-0.2, -0.15) is 0 Å². The van der Waals surface area contributed by atoms with E-state index in [1.54, 1.807) is 0 Å². The van der Waals surface area contributed by atoms with E-state index in [0.717, 1.165) is 19.8 Å². The molecule has 0 fully saturated rings. The van der Waals surface area contributed by atoms with Crippen LogP contribution in [0.25, 0.3) is 0 Å². The first kappa shape index (κ1) is 18.2. The van der Waals surface area contributed by atoms with Gasteiger partial charge in [-0.3, -0.25) is 0 Å². The van der Waals surface area contributed by atoms with E-state index in [9.17, 15) is 0 Å². The molecule has 1 aromatic carbocycles. The Bertz CT molecular complexity index is 389. The fourth-order valence-corrected chi connectivity index (χ4v) is 2.51. The molecule has 1 aromatic rings. The lowest BCUT2D eigenvalue weighted by Gasteiger charge is -2.19. The van der Waals surface area contributed by atoms with Crippen molar-refractivity contribution in [2.45, 2.75) is 65.8 Å². The van der Waals surface area contributed by atoms with Crippen molar-refractivity contribution in [2.24, 2.45) is 0 Å². The van der Waals surface area contributed by atoms with Crippen LogP contribution in [0, 0.1) is 13.8 Å². The number of unbranched alkanes of at least 4 members (excludes halogenated alkanes) is 4. The van der Waals surface area contributed by atoms with Gasteiger partial charge in [-0.1, -0.05) is 57.7 Å². The van der Waals surface area contributed by atoms with E-state index >= 15 is 0 Å². The lowest BCUT2D eigenvalue weighted by atomic mass is 10.0. The molecule has 2 heteroatoms. The zero-order valence-electron chi connectivity index (χ0n) is 14.4. The summed E-state index contributed by atoms with van der Waals surface area (Å²) in [6, 6.07) is 7.03. The smallest absolute Gasteiger partial charge is 0.0661 e. The number of likely N-dealkylation sites (N-methyl/N-ethyl adjacent to an activating group) is 1. The summed E-state index contributed by atoms with van der Waals surface area (Å²) in [6.45, 7) is 11.4. The van der Waals surface area contributed by atoms with Crippen LogP contribution in [-0.4, -0.2) is 19.8 Å². The summed E-state index contributed by atoms with van der Waals surface area (Å²) >= 11 is 0. The van der Waals surface area contributed by atoms with Gasteiger partial charge in [-0.05, 0) is 43.5 Å². The van der Waals surface area contributed by atoms with Crippen LogP contribution in [0.1, 0.15) is 68.7 Å². The molecule has 1 rings (SSSR count). The number of hydrogen-bond donors (Lipinski definition) is 1. The Morgan fingerprint density at radius 3 is 2.43 bits per heavy atom. The van der Waals surface area contributed by atoms with Gasteiger partial charge in [0.2, 0.25) is 0 Å². The second-order valence-electron chi connectivity index (χ2n) is 5.94. The van der Waals surface area contributed by atoms with Crippen LogP contribution < -0.4 is 5.32 Å². The second-order valence-corrected chi connectivity index (χ2v) is 5.94. The van der Waals surface area contributed by atoms with Gasteiger partial charge in [0, 0.05) is 6.61 Å². The molecule has 0 saturated heterocycles. The maximum absolute atomic E-state index is 5.89. The highest BCUT2D eigenvalue weighted by atomic mass is 16.5. The van der Waals surface area contributed by atoms with Crippen molar-refractivity contribution in [3.63, 3.8) is 0 Å². The predicted molar refractivity (Wildman–Crippen MR) is 91.9 cm³/mol. The summed E-state index contributed by atoms with van der Waals surface area (Å²) in [6.07, 6.45) is 6.47. The van der Waals surface area contributed by atoms with E-state index in [1.807, 2.05) is 0 Å². The number of nitrogens with one attached hydrogen (secondary N) is 1. The average Bonchev–Trinajstić information content (AvgIpc) is 2.48. The molecule has 120 valence electrons. The van der Waals surface area contributed by atoms with Gasteiger partial charge in [0.25, 0.3) is 0 Å². The monoisotopic (exact) mass is 291 g/mol. The molecular weight excluding hydrogens is 258 g/mol. The maximum Gasteiger partial charge on any atom is 0.0661 e. The third-order valence-corrected chi connectivity index (χ3v) is 4.06. The van der Waals surface area contributed by atoms with Gasteiger partial charge >= 0.3 is 0 Å². The lowest BCUT2D eigenvalue weighted by Crippen LogP contribution is -2.25. The first-order valence-corrected chi connectivity index (χ1v) is 8.57. The molecule has 0 heterocycles. The first-order valence-electron chi connectivity index (χ1n) is 8.57. The summed E-state index contributed by atoms with van der Waals surface area (Å²) in [7, 11) is 0. The van der Waals surface area contributed by atoms with E-state index in [-0.39, 0.29) is 0 Å². The third kappa shape index (κ3) is 7.10. The highest BCUT2D eigenvalue weighted by molar-refractivity contribution is 5.31. The molecule has 0 aliphatic heterocycles. The molecule has 0 bridgehead atoms. The summed E-state index contributed by atoms with van der Waals surface area (Å²) in [4.78, 5) is 0. The van der Waals surface area contributed by atoms with Crippen molar-refractivity contribution in [3.8, 4) is 0 Å². The molecule has 1 unspecified atom stereocenters. The fraction of sp³-hybridized carbons (Fsp3) is 0.684. The van der Waals surface area contributed by atoms with Crippen molar-refractivity contribution >= 4 is 0 Å². The minimum Gasteiger partial charge on any atom is -0.379 e. The first-order chi connectivity index (χ1) is 10.2. The van der Waals surface area contributed by atoms with E-state index in [1.165, 1.54) is 48.8 Å². The van der Waals surface area contributed by atoms with Crippen molar-refractivity contribution in [2.75, 3.05) is 19.8 Å². The Balaban J connectivity index is 2.37. The van der Waals surface area contributed by atoms with Gasteiger partial charge in [-0.15, -0.1) is 0 Å². The normalized spacial score (nSPS) is 12.6. The van der Waals surface area contributed by atoms with Crippen LogP contribution in [-0.2, 0) is 4.74 Å². The second kappa shape index (κ2) is 10.8. The lowest BCUT2D eigenvalue weighted by molar-refractivity contribution is 0.108. The molecule has 1 N–H and O–H groups in total. The number of rotatable bonds is 11. The van der Waals surface area contributed by atoms with Crippen molar-refractivity contribution in [3.05, 3.63) is 34.9 Å². The van der Waals surface area contributed by atoms with Gasteiger partial charge < -0.3 is 10.1 Å². The standard InChI is InChI=1S/C19H33NO/c1-5-7-8-9-10-13-21-15-19(20-6-2)18-12-11-16(3)17(4)14-18/h11-12,14,19-20H,5-10,13,15H2,1-4H3. The Hall–Kier alpha value is -0.860. The van der Waals surface area contributed by atoms with Crippen LogP contribution in [0.4, 0.5) is 0 Å². The topological polar surface area (TPSA) is 21.3 Å². The average molecular weight is 291 g/mol. The Kier molecular flexibility index (Phi) is 9.36. The Morgan fingerprint density at radius 1 is 1.00 bits per heavy atom. The van der Waals surface area contributed by atoms with E-state index in [4.69, 9.17) is 4.74 Å². The highest BCUT2D eigenvalue weighted by Gasteiger charge is 2.11. The Morgan fingerprint density at radius 2 is 1.76 bits per heavy atom. The minimum atomic E-state index is 0.310. The third-order valence-electron chi connectivity index (χ3n) is 4.06. The number of aryl methyl sites for hydroxylation is 2. The molecule has 0 aliphatic carbocycles. The van der Waals surface area contributed by atoms with E-state index < -0.39 is 0 Å². The summed E-state index contributed by atoms with van der Waals surface area (Å²) in [5.74, 6) is 0. The van der Waals surface area contributed by atoms with Gasteiger partial charge in [0.15, 0.2) is 0 Å². The SMILES string of the molecule is CCCCCCCOCC(NCC)c1ccc(C)c(C)c1. The molecule has 0 saturated carbocycles. The van der Waals surface area contributed by atoms with E-state index in [2.05, 4.69) is 51.2 Å². The molecule has 0 amide bonds. The molecule has 0 aromatic heterocycles. The van der Waals surface area contributed by atoms with Crippen LogP contribution in [0.3, 0.4) is 0 Å². The van der Waals surface area contributed by atoms with Gasteiger partial charge in [-0.25, -0.2) is 0 Å². The molecule has 2 nitrogen and oxygen atoms in total. The van der Waals surface area contributed by atoms with Crippen LogP contribution >= 0.6 is 0 Å². The zero-order chi connectivity index (χ0) is 15.5. The predicted octanol–water partition coefficient (Wildman–Crippen LogP) is 4.94. The van der Waals surface area contributed by atoms with Crippen molar-refractivity contribution in [1.82, 2.24) is 5.32 Å². The Labute approximate surface area is 131 Å². The van der Waals surface area contributed by atoms with Crippen LogP contribution in [0.2, 0.25) is 0 Å². The van der Waals surface area contributed by atoms with Crippen molar-refractivity contribution in [1.29, 1.82) is 0 Å². The molecule has 0 radical (unpaired) electrons. The minimum absolute atomic E-state index is 0.310. The van der Waals surface area contributed by atoms with Crippen LogP contribution in [0.15, 0.2) is 18.2 Å².